The van der Waals surface area contributed by atoms with E-state index < -0.39 is 0 Å². The van der Waals surface area contributed by atoms with Crippen molar-refractivity contribution in [3.8, 4) is 0 Å². The SMILES string of the molecule is Cc1cccc(C)c1NC(=S)N(Cc1ccccc1)C(C)C. The van der Waals surface area contributed by atoms with E-state index >= 15 is 0 Å². The zero-order valence-corrected chi connectivity index (χ0v) is 14.6. The standard InChI is InChI=1S/C19H24N2S/c1-14(2)21(13-17-11-6-5-7-12-17)19(22)20-18-15(3)9-8-10-16(18)4/h5-12,14H,13H2,1-4H3,(H,20,22). The lowest BCUT2D eigenvalue weighted by atomic mass is 10.1. The number of nitrogens with zero attached hydrogens (tertiary/aromatic N) is 1. The van der Waals surface area contributed by atoms with E-state index in [0.717, 1.165) is 17.3 Å². The molecule has 0 amide bonds. The number of hydrogen-bond acceptors (Lipinski definition) is 1. The predicted octanol–water partition coefficient (Wildman–Crippen LogP) is 4.91. The summed E-state index contributed by atoms with van der Waals surface area (Å²) in [6.45, 7) is 9.36. The minimum Gasteiger partial charge on any atom is -0.342 e. The molecule has 0 saturated heterocycles. The van der Waals surface area contributed by atoms with Crippen LogP contribution in [0.25, 0.3) is 0 Å². The lowest BCUT2D eigenvalue weighted by molar-refractivity contribution is 0.348. The molecular formula is C19H24N2S. The van der Waals surface area contributed by atoms with Crippen molar-refractivity contribution in [3.63, 3.8) is 0 Å². The van der Waals surface area contributed by atoms with Crippen LogP contribution in [-0.2, 0) is 6.54 Å². The average Bonchev–Trinajstić information content (AvgIpc) is 2.49. The Morgan fingerprint density at radius 3 is 2.14 bits per heavy atom. The summed E-state index contributed by atoms with van der Waals surface area (Å²) in [4.78, 5) is 2.22. The molecular weight excluding hydrogens is 288 g/mol. The third-order valence-corrected chi connectivity index (χ3v) is 4.13. The molecule has 116 valence electrons. The third kappa shape index (κ3) is 4.08. The smallest absolute Gasteiger partial charge is 0.173 e. The Morgan fingerprint density at radius 2 is 1.59 bits per heavy atom. The molecule has 0 spiro atoms. The summed E-state index contributed by atoms with van der Waals surface area (Å²) in [6, 6.07) is 17.1. The fourth-order valence-electron chi connectivity index (χ4n) is 2.46. The number of rotatable bonds is 4. The van der Waals surface area contributed by atoms with Crippen molar-refractivity contribution < 1.29 is 0 Å². The largest absolute Gasteiger partial charge is 0.342 e. The van der Waals surface area contributed by atoms with Crippen LogP contribution in [0.4, 0.5) is 5.69 Å². The molecule has 2 nitrogen and oxygen atoms in total. The van der Waals surface area contributed by atoms with Crippen LogP contribution in [0.1, 0.15) is 30.5 Å². The van der Waals surface area contributed by atoms with Crippen molar-refractivity contribution in [1.29, 1.82) is 0 Å². The van der Waals surface area contributed by atoms with Gasteiger partial charge in [0.05, 0.1) is 0 Å². The van der Waals surface area contributed by atoms with E-state index in [0.29, 0.717) is 6.04 Å². The van der Waals surface area contributed by atoms with Gasteiger partial charge in [0, 0.05) is 18.3 Å². The van der Waals surface area contributed by atoms with Gasteiger partial charge in [0.15, 0.2) is 5.11 Å². The predicted molar refractivity (Wildman–Crippen MR) is 99.3 cm³/mol. The van der Waals surface area contributed by atoms with Gasteiger partial charge in [-0.3, -0.25) is 0 Å². The Labute approximate surface area is 139 Å². The zero-order valence-electron chi connectivity index (χ0n) is 13.8. The van der Waals surface area contributed by atoms with Crippen LogP contribution in [0.2, 0.25) is 0 Å². The number of hydrogen-bond donors (Lipinski definition) is 1. The summed E-state index contributed by atoms with van der Waals surface area (Å²) < 4.78 is 0. The van der Waals surface area contributed by atoms with Crippen molar-refractivity contribution in [2.24, 2.45) is 0 Å². The Kier molecular flexibility index (Phi) is 5.56. The Morgan fingerprint density at radius 1 is 1.00 bits per heavy atom. The molecule has 0 radical (unpaired) electrons. The monoisotopic (exact) mass is 312 g/mol. The summed E-state index contributed by atoms with van der Waals surface area (Å²) in [5.74, 6) is 0. The fourth-order valence-corrected chi connectivity index (χ4v) is 2.84. The lowest BCUT2D eigenvalue weighted by Crippen LogP contribution is -2.39. The minimum atomic E-state index is 0.338. The fraction of sp³-hybridized carbons (Fsp3) is 0.316. The molecule has 0 heterocycles. The van der Waals surface area contributed by atoms with Gasteiger partial charge in [0.1, 0.15) is 0 Å². The maximum absolute atomic E-state index is 5.67. The van der Waals surface area contributed by atoms with Crippen molar-refractivity contribution in [2.75, 3.05) is 5.32 Å². The highest BCUT2D eigenvalue weighted by Crippen LogP contribution is 2.21. The average molecular weight is 312 g/mol. The number of para-hydroxylation sites is 1. The third-order valence-electron chi connectivity index (χ3n) is 3.79. The minimum absolute atomic E-state index is 0.338. The summed E-state index contributed by atoms with van der Waals surface area (Å²) in [6.07, 6.45) is 0. The van der Waals surface area contributed by atoms with Gasteiger partial charge in [-0.25, -0.2) is 0 Å². The van der Waals surface area contributed by atoms with Gasteiger partial charge >= 0.3 is 0 Å². The molecule has 2 rings (SSSR count). The van der Waals surface area contributed by atoms with Crippen molar-refractivity contribution in [2.45, 2.75) is 40.3 Å². The van der Waals surface area contributed by atoms with Crippen LogP contribution in [-0.4, -0.2) is 16.1 Å². The Bertz CT molecular complexity index is 615. The van der Waals surface area contributed by atoms with E-state index in [4.69, 9.17) is 12.2 Å². The van der Waals surface area contributed by atoms with Gasteiger partial charge < -0.3 is 10.2 Å². The second-order valence-corrected chi connectivity index (χ2v) is 6.29. The quantitative estimate of drug-likeness (QED) is 0.807. The molecule has 0 fully saturated rings. The molecule has 0 bridgehead atoms. The maximum Gasteiger partial charge on any atom is 0.173 e. The van der Waals surface area contributed by atoms with E-state index in [9.17, 15) is 0 Å². The van der Waals surface area contributed by atoms with Gasteiger partial charge in [-0.2, -0.15) is 0 Å². The second kappa shape index (κ2) is 7.41. The second-order valence-electron chi connectivity index (χ2n) is 5.90. The van der Waals surface area contributed by atoms with Gasteiger partial charge in [-0.05, 0) is 56.6 Å². The first-order valence-electron chi connectivity index (χ1n) is 7.67. The first-order chi connectivity index (χ1) is 10.5. The van der Waals surface area contributed by atoms with Gasteiger partial charge in [-0.15, -0.1) is 0 Å². The number of nitrogens with one attached hydrogen (secondary N) is 1. The Hall–Kier alpha value is -1.87. The topological polar surface area (TPSA) is 15.3 Å². The zero-order chi connectivity index (χ0) is 16.1. The highest BCUT2D eigenvalue weighted by atomic mass is 32.1. The van der Waals surface area contributed by atoms with Crippen molar-refractivity contribution >= 4 is 23.0 Å². The molecule has 0 saturated carbocycles. The van der Waals surface area contributed by atoms with Crippen molar-refractivity contribution in [1.82, 2.24) is 4.90 Å². The molecule has 0 aliphatic heterocycles. The van der Waals surface area contributed by atoms with E-state index in [2.05, 4.69) is 80.4 Å². The highest BCUT2D eigenvalue weighted by Gasteiger charge is 2.15. The molecule has 2 aromatic carbocycles. The summed E-state index contributed by atoms with van der Waals surface area (Å²) >= 11 is 5.67. The van der Waals surface area contributed by atoms with Crippen LogP contribution in [0.5, 0.6) is 0 Å². The van der Waals surface area contributed by atoms with E-state index in [1.54, 1.807) is 0 Å². The van der Waals surface area contributed by atoms with Gasteiger partial charge in [-0.1, -0.05) is 48.5 Å². The van der Waals surface area contributed by atoms with Crippen LogP contribution in [0.15, 0.2) is 48.5 Å². The molecule has 0 unspecified atom stereocenters. The van der Waals surface area contributed by atoms with Crippen LogP contribution in [0.3, 0.4) is 0 Å². The highest BCUT2D eigenvalue weighted by molar-refractivity contribution is 7.80. The summed E-state index contributed by atoms with van der Waals surface area (Å²) in [7, 11) is 0. The number of thiocarbonyl (C=S) groups is 1. The van der Waals surface area contributed by atoms with Gasteiger partial charge in [0.2, 0.25) is 0 Å². The molecule has 0 aromatic heterocycles. The lowest BCUT2D eigenvalue weighted by Gasteiger charge is -2.30. The number of benzene rings is 2. The van der Waals surface area contributed by atoms with Gasteiger partial charge in [0.25, 0.3) is 0 Å². The van der Waals surface area contributed by atoms with Crippen molar-refractivity contribution in [3.05, 3.63) is 65.2 Å². The van der Waals surface area contributed by atoms with E-state index in [1.165, 1.54) is 16.7 Å². The normalized spacial score (nSPS) is 10.6. The van der Waals surface area contributed by atoms with Crippen LogP contribution >= 0.6 is 12.2 Å². The van der Waals surface area contributed by atoms with E-state index in [-0.39, 0.29) is 0 Å². The van der Waals surface area contributed by atoms with Crippen LogP contribution < -0.4 is 5.32 Å². The maximum atomic E-state index is 5.67. The first-order valence-corrected chi connectivity index (χ1v) is 8.07. The molecule has 0 aliphatic rings. The summed E-state index contributed by atoms with van der Waals surface area (Å²) in [5, 5.41) is 4.21. The first kappa shape index (κ1) is 16.5. The van der Waals surface area contributed by atoms with Crippen LogP contribution in [0, 0.1) is 13.8 Å². The Balaban J connectivity index is 2.17. The molecule has 3 heteroatoms. The number of aryl methyl sites for hydroxylation is 2. The molecule has 0 atom stereocenters. The molecule has 22 heavy (non-hydrogen) atoms. The number of anilines is 1. The molecule has 0 aliphatic carbocycles. The molecule has 2 aromatic rings. The molecule has 1 N–H and O–H groups in total. The van der Waals surface area contributed by atoms with E-state index in [1.807, 2.05) is 6.07 Å². The summed E-state index contributed by atoms with van der Waals surface area (Å²) in [5.41, 5.74) is 4.81.